The summed E-state index contributed by atoms with van der Waals surface area (Å²) in [5.41, 5.74) is 1.62. The molecule has 22 heavy (non-hydrogen) atoms. The van der Waals surface area contributed by atoms with Gasteiger partial charge in [-0.25, -0.2) is 13.9 Å². The monoisotopic (exact) mass is 316 g/mol. The van der Waals surface area contributed by atoms with Gasteiger partial charge in [-0.3, -0.25) is 0 Å². The van der Waals surface area contributed by atoms with Crippen LogP contribution < -0.4 is 5.32 Å². The minimum atomic E-state index is -0.247. The molecule has 1 saturated carbocycles. The third kappa shape index (κ3) is 2.59. The Balaban J connectivity index is 1.64. The summed E-state index contributed by atoms with van der Waals surface area (Å²) in [6.45, 7) is 0. The highest BCUT2D eigenvalue weighted by atomic mass is 32.1. The summed E-state index contributed by atoms with van der Waals surface area (Å²) in [5, 5.41) is 9.03. The molecule has 1 fully saturated rings. The molecule has 114 valence electrons. The zero-order chi connectivity index (χ0) is 14.9. The number of halogens is 1. The van der Waals surface area contributed by atoms with Gasteiger partial charge in [-0.1, -0.05) is 42.7 Å². The van der Waals surface area contributed by atoms with Gasteiger partial charge in [-0.2, -0.15) is 0 Å². The molecule has 6 heteroatoms. The number of imidazole rings is 1. The first-order chi connectivity index (χ1) is 10.8. The molecule has 3 aromatic rings. The van der Waals surface area contributed by atoms with E-state index in [4.69, 9.17) is 0 Å². The summed E-state index contributed by atoms with van der Waals surface area (Å²) in [6.07, 6.45) is 8.07. The molecule has 0 amide bonds. The molecule has 0 radical (unpaired) electrons. The topological polar surface area (TPSA) is 42.2 Å². The van der Waals surface area contributed by atoms with Crippen LogP contribution in [0.25, 0.3) is 16.2 Å². The fraction of sp³-hybridized carbons (Fsp3) is 0.375. The Hall–Kier alpha value is -1.95. The number of hydrogen-bond acceptors (Lipinski definition) is 4. The van der Waals surface area contributed by atoms with Crippen LogP contribution >= 0.6 is 11.3 Å². The zero-order valence-corrected chi connectivity index (χ0v) is 12.9. The average Bonchev–Trinajstić information content (AvgIpc) is 3.08. The molecule has 0 saturated heterocycles. The Labute approximate surface area is 132 Å². The van der Waals surface area contributed by atoms with Crippen LogP contribution in [0.15, 0.2) is 30.5 Å². The van der Waals surface area contributed by atoms with Gasteiger partial charge in [0, 0.05) is 11.6 Å². The smallest absolute Gasteiger partial charge is 0.214 e. The van der Waals surface area contributed by atoms with Crippen molar-refractivity contribution in [3.05, 3.63) is 36.3 Å². The van der Waals surface area contributed by atoms with Crippen LogP contribution in [0, 0.1) is 5.82 Å². The second-order valence-electron chi connectivity index (χ2n) is 5.73. The van der Waals surface area contributed by atoms with Crippen LogP contribution in [0.1, 0.15) is 32.1 Å². The Bertz CT molecular complexity index is 788. The third-order valence-corrected chi connectivity index (χ3v) is 4.99. The van der Waals surface area contributed by atoms with E-state index in [1.807, 2.05) is 6.07 Å². The van der Waals surface area contributed by atoms with Crippen LogP contribution in [-0.4, -0.2) is 20.6 Å². The molecule has 1 aromatic carbocycles. The molecule has 0 unspecified atom stereocenters. The molecule has 2 heterocycles. The van der Waals surface area contributed by atoms with Crippen LogP contribution in [-0.2, 0) is 0 Å². The molecule has 0 atom stereocenters. The van der Waals surface area contributed by atoms with Crippen molar-refractivity contribution >= 4 is 21.4 Å². The van der Waals surface area contributed by atoms with Gasteiger partial charge in [-0.05, 0) is 25.0 Å². The highest BCUT2D eigenvalue weighted by molar-refractivity contribution is 7.20. The molecule has 4 nitrogen and oxygen atoms in total. The van der Waals surface area contributed by atoms with E-state index in [9.17, 15) is 4.39 Å². The molecule has 0 spiro atoms. The summed E-state index contributed by atoms with van der Waals surface area (Å²) < 4.78 is 15.2. The lowest BCUT2D eigenvalue weighted by Gasteiger charge is -2.21. The van der Waals surface area contributed by atoms with Gasteiger partial charge in [0.15, 0.2) is 0 Å². The number of anilines is 1. The lowest BCUT2D eigenvalue weighted by Crippen LogP contribution is -2.22. The molecule has 0 bridgehead atoms. The predicted molar refractivity (Wildman–Crippen MR) is 86.8 cm³/mol. The van der Waals surface area contributed by atoms with E-state index in [0.29, 0.717) is 6.04 Å². The Kier molecular flexibility index (Phi) is 3.54. The van der Waals surface area contributed by atoms with E-state index in [0.717, 1.165) is 21.3 Å². The van der Waals surface area contributed by atoms with E-state index in [1.165, 1.54) is 44.2 Å². The summed E-state index contributed by atoms with van der Waals surface area (Å²) in [5.74, 6) is -0.247. The fourth-order valence-electron chi connectivity index (χ4n) is 3.02. The Morgan fingerprint density at radius 2 is 2.09 bits per heavy atom. The molecule has 4 rings (SSSR count). The Morgan fingerprint density at radius 3 is 2.91 bits per heavy atom. The van der Waals surface area contributed by atoms with E-state index in [2.05, 4.69) is 15.4 Å². The van der Waals surface area contributed by atoms with Gasteiger partial charge < -0.3 is 5.32 Å². The minimum Gasteiger partial charge on any atom is -0.357 e. The van der Waals surface area contributed by atoms with Crippen molar-refractivity contribution in [2.45, 2.75) is 38.1 Å². The van der Waals surface area contributed by atoms with Gasteiger partial charge in [0.25, 0.3) is 0 Å². The van der Waals surface area contributed by atoms with Gasteiger partial charge in [0.05, 0.1) is 11.9 Å². The molecular weight excluding hydrogens is 299 g/mol. The van der Waals surface area contributed by atoms with E-state index < -0.39 is 0 Å². The van der Waals surface area contributed by atoms with Crippen molar-refractivity contribution in [1.29, 1.82) is 0 Å². The summed E-state index contributed by atoms with van der Waals surface area (Å²) in [4.78, 5) is 5.23. The molecule has 1 N–H and O–H groups in total. The fourth-order valence-corrected chi connectivity index (χ4v) is 3.87. The second-order valence-corrected chi connectivity index (χ2v) is 6.69. The first-order valence-corrected chi connectivity index (χ1v) is 8.48. The van der Waals surface area contributed by atoms with Crippen molar-refractivity contribution in [2.75, 3.05) is 5.32 Å². The van der Waals surface area contributed by atoms with Crippen molar-refractivity contribution < 1.29 is 4.39 Å². The second kappa shape index (κ2) is 5.68. The lowest BCUT2D eigenvalue weighted by molar-refractivity contribution is 0.462. The number of rotatable bonds is 3. The lowest BCUT2D eigenvalue weighted by atomic mass is 9.96. The third-order valence-electron chi connectivity index (χ3n) is 4.14. The normalized spacial score (nSPS) is 16.2. The van der Waals surface area contributed by atoms with Crippen LogP contribution in [0.4, 0.5) is 9.52 Å². The quantitative estimate of drug-likeness (QED) is 0.781. The van der Waals surface area contributed by atoms with Gasteiger partial charge >= 0.3 is 0 Å². The van der Waals surface area contributed by atoms with Gasteiger partial charge in [0.2, 0.25) is 10.1 Å². The van der Waals surface area contributed by atoms with Crippen molar-refractivity contribution in [2.24, 2.45) is 0 Å². The van der Waals surface area contributed by atoms with E-state index >= 15 is 0 Å². The maximum absolute atomic E-state index is 13.4. The standard InChI is InChI=1S/C16H17FN4S/c17-12-6-4-5-11(9-12)14-10-18-16-21(14)20-15(22-16)19-13-7-2-1-3-8-13/h4-6,9-10,13H,1-3,7-8H2,(H,19,20). The number of aromatic nitrogens is 3. The predicted octanol–water partition coefficient (Wildman–Crippen LogP) is 4.34. The van der Waals surface area contributed by atoms with Crippen LogP contribution in [0.2, 0.25) is 0 Å². The zero-order valence-electron chi connectivity index (χ0n) is 12.1. The molecule has 1 aliphatic rings. The van der Waals surface area contributed by atoms with Gasteiger partial charge in [0.1, 0.15) is 5.82 Å². The van der Waals surface area contributed by atoms with Crippen molar-refractivity contribution in [3.8, 4) is 11.3 Å². The summed E-state index contributed by atoms with van der Waals surface area (Å²) >= 11 is 1.55. The van der Waals surface area contributed by atoms with Crippen LogP contribution in [0.5, 0.6) is 0 Å². The first kappa shape index (κ1) is 13.7. The number of benzene rings is 1. The molecule has 1 aliphatic carbocycles. The minimum absolute atomic E-state index is 0.247. The maximum Gasteiger partial charge on any atom is 0.214 e. The number of hydrogen-bond donors (Lipinski definition) is 1. The van der Waals surface area contributed by atoms with Crippen molar-refractivity contribution in [3.63, 3.8) is 0 Å². The maximum atomic E-state index is 13.4. The number of fused-ring (bicyclic) bond motifs is 1. The molecule has 2 aromatic heterocycles. The Morgan fingerprint density at radius 1 is 1.23 bits per heavy atom. The highest BCUT2D eigenvalue weighted by Crippen LogP contribution is 2.28. The molecular formula is C16H17FN4S. The highest BCUT2D eigenvalue weighted by Gasteiger charge is 2.17. The number of nitrogens with one attached hydrogen (secondary N) is 1. The summed E-state index contributed by atoms with van der Waals surface area (Å²) in [7, 11) is 0. The number of nitrogens with zero attached hydrogens (tertiary/aromatic N) is 3. The van der Waals surface area contributed by atoms with Crippen molar-refractivity contribution in [1.82, 2.24) is 14.6 Å². The van der Waals surface area contributed by atoms with E-state index in [-0.39, 0.29) is 5.82 Å². The van der Waals surface area contributed by atoms with Gasteiger partial charge in [-0.15, -0.1) is 5.10 Å². The summed E-state index contributed by atoms with van der Waals surface area (Å²) in [6, 6.07) is 7.05. The SMILES string of the molecule is Fc1cccc(-c2cnc3sc(NC4CCCCC4)nn23)c1. The first-order valence-electron chi connectivity index (χ1n) is 7.67. The molecule has 0 aliphatic heterocycles. The largest absolute Gasteiger partial charge is 0.357 e. The van der Waals surface area contributed by atoms with Crippen LogP contribution in [0.3, 0.4) is 0 Å². The average molecular weight is 316 g/mol. The van der Waals surface area contributed by atoms with E-state index in [1.54, 1.807) is 28.1 Å².